The molecule has 4 aromatic rings. The van der Waals surface area contributed by atoms with Crippen molar-refractivity contribution < 1.29 is 8.78 Å². The number of aryl methyl sites for hydroxylation is 2. The van der Waals surface area contributed by atoms with Crippen LogP contribution in [0.3, 0.4) is 0 Å². The molecule has 0 atom stereocenters. The zero-order valence-electron chi connectivity index (χ0n) is 20.3. The number of nitrogens with zero attached hydrogens (tertiary/aromatic N) is 4. The van der Waals surface area contributed by atoms with E-state index in [1.54, 1.807) is 62.4 Å². The average Bonchev–Trinajstić information content (AvgIpc) is 3.23. The van der Waals surface area contributed by atoms with E-state index in [0.717, 1.165) is 0 Å². The summed E-state index contributed by atoms with van der Waals surface area (Å²) in [6.45, 7) is 18.7. The number of allylic oxidation sites excluding steroid dienone is 1. The highest BCUT2D eigenvalue weighted by atomic mass is 19.1. The molecule has 0 heterocycles. The summed E-state index contributed by atoms with van der Waals surface area (Å²) < 4.78 is 28.9. The summed E-state index contributed by atoms with van der Waals surface area (Å²) in [5.41, 5.74) is 5.89. The van der Waals surface area contributed by atoms with E-state index in [0.29, 0.717) is 61.2 Å². The maximum atomic E-state index is 14.4. The minimum Gasteiger partial charge on any atom is -0.237 e. The standard InChI is InChI=1S/C32H16F2N4/c1-17-5-7-19(10-28(17)33)22-12-24-25-13-23(20-8-6-18(2)29(34)11-20)30(37-3)14-27(25)32(31(16-36)38-4)26(24)9-21(22)15-35/h5-14H,1-2H3/b32-31-. The monoisotopic (exact) mass is 494 g/mol. The van der Waals surface area contributed by atoms with Gasteiger partial charge < -0.3 is 0 Å². The molecule has 0 radical (unpaired) electrons. The molecule has 0 spiro atoms. The Labute approximate surface area is 218 Å². The molecule has 0 N–H and O–H groups in total. The molecule has 0 aliphatic heterocycles. The van der Waals surface area contributed by atoms with Gasteiger partial charge in [-0.2, -0.15) is 5.26 Å². The molecule has 1 aliphatic carbocycles. The summed E-state index contributed by atoms with van der Waals surface area (Å²) in [4.78, 5) is 7.06. The minimum atomic E-state index is -0.405. The Morgan fingerprint density at radius 3 is 1.76 bits per heavy atom. The second-order valence-corrected chi connectivity index (χ2v) is 8.96. The van der Waals surface area contributed by atoms with Gasteiger partial charge in [0.15, 0.2) is 5.69 Å². The van der Waals surface area contributed by atoms with Crippen LogP contribution in [-0.4, -0.2) is 0 Å². The highest BCUT2D eigenvalue weighted by molar-refractivity contribution is 6.07. The number of halogens is 2. The fourth-order valence-corrected chi connectivity index (χ4v) is 4.76. The Kier molecular flexibility index (Phi) is 5.81. The second kappa shape index (κ2) is 9.15. The Morgan fingerprint density at radius 1 is 0.711 bits per heavy atom. The van der Waals surface area contributed by atoms with Gasteiger partial charge in [-0.3, -0.25) is 0 Å². The highest BCUT2D eigenvalue weighted by Gasteiger charge is 2.30. The lowest BCUT2D eigenvalue weighted by Crippen LogP contribution is -1.92. The molecule has 0 bridgehead atoms. The molecule has 6 heteroatoms. The van der Waals surface area contributed by atoms with Crippen LogP contribution in [0, 0.1) is 61.3 Å². The average molecular weight is 495 g/mol. The van der Waals surface area contributed by atoms with Crippen molar-refractivity contribution in [3.8, 4) is 45.5 Å². The molecular weight excluding hydrogens is 478 g/mol. The molecule has 0 fully saturated rings. The van der Waals surface area contributed by atoms with E-state index in [2.05, 4.69) is 15.8 Å². The first kappa shape index (κ1) is 24.1. The smallest absolute Gasteiger partial charge is 0.237 e. The third kappa shape index (κ3) is 3.70. The quantitative estimate of drug-likeness (QED) is 0.182. The minimum absolute atomic E-state index is 0.173. The molecule has 5 rings (SSSR count). The van der Waals surface area contributed by atoms with E-state index in [9.17, 15) is 19.3 Å². The van der Waals surface area contributed by atoms with Gasteiger partial charge in [-0.1, -0.05) is 30.3 Å². The third-order valence-corrected chi connectivity index (χ3v) is 6.78. The van der Waals surface area contributed by atoms with E-state index >= 15 is 0 Å². The van der Waals surface area contributed by atoms with Crippen molar-refractivity contribution in [3.05, 3.63) is 129 Å². The first-order chi connectivity index (χ1) is 18.3. The second-order valence-electron chi connectivity index (χ2n) is 8.96. The topological polar surface area (TPSA) is 56.3 Å². The van der Waals surface area contributed by atoms with Crippen LogP contribution < -0.4 is 0 Å². The molecule has 4 nitrogen and oxygen atoms in total. The van der Waals surface area contributed by atoms with Crippen molar-refractivity contribution >= 4 is 11.3 Å². The first-order valence-electron chi connectivity index (χ1n) is 11.5. The number of nitriles is 2. The molecule has 38 heavy (non-hydrogen) atoms. The number of benzene rings is 4. The molecular formula is C32H16F2N4. The van der Waals surface area contributed by atoms with E-state index in [1.165, 1.54) is 12.1 Å². The maximum absolute atomic E-state index is 14.4. The van der Waals surface area contributed by atoms with Crippen LogP contribution in [0.2, 0.25) is 0 Å². The van der Waals surface area contributed by atoms with Gasteiger partial charge in [-0.25, -0.2) is 23.7 Å². The lowest BCUT2D eigenvalue weighted by molar-refractivity contribution is 0.618. The molecule has 178 valence electrons. The van der Waals surface area contributed by atoms with Crippen LogP contribution in [0.1, 0.15) is 27.8 Å². The largest absolute Gasteiger partial charge is 0.270 e. The summed E-state index contributed by atoms with van der Waals surface area (Å²) >= 11 is 0. The summed E-state index contributed by atoms with van der Waals surface area (Å²) in [5, 5.41) is 19.7. The van der Waals surface area contributed by atoms with Crippen LogP contribution in [0.4, 0.5) is 14.5 Å². The zero-order chi connectivity index (χ0) is 27.1. The van der Waals surface area contributed by atoms with Crippen LogP contribution >= 0.6 is 0 Å². The van der Waals surface area contributed by atoms with Crippen molar-refractivity contribution in [2.45, 2.75) is 13.8 Å². The summed E-state index contributed by atoms with van der Waals surface area (Å²) in [6.07, 6.45) is 0. The van der Waals surface area contributed by atoms with Crippen LogP contribution in [0.5, 0.6) is 0 Å². The highest BCUT2D eigenvalue weighted by Crippen LogP contribution is 2.51. The molecule has 4 aromatic carbocycles. The van der Waals surface area contributed by atoms with Crippen LogP contribution in [0.25, 0.3) is 48.6 Å². The molecule has 0 saturated heterocycles. The van der Waals surface area contributed by atoms with E-state index < -0.39 is 11.6 Å². The molecule has 0 saturated carbocycles. The summed E-state index contributed by atoms with van der Waals surface area (Å²) in [5.74, 6) is -0.805. The van der Waals surface area contributed by atoms with Crippen molar-refractivity contribution in [1.82, 2.24) is 0 Å². The first-order valence-corrected chi connectivity index (χ1v) is 11.5. The number of rotatable bonds is 2. The Hall–Kier alpha value is -5.56. The van der Waals surface area contributed by atoms with Crippen molar-refractivity contribution in [2.24, 2.45) is 0 Å². The summed E-state index contributed by atoms with van der Waals surface area (Å²) in [7, 11) is 0. The van der Waals surface area contributed by atoms with Gasteiger partial charge in [0.1, 0.15) is 11.6 Å². The van der Waals surface area contributed by atoms with Gasteiger partial charge in [-0.15, -0.1) is 0 Å². The molecule has 0 unspecified atom stereocenters. The Morgan fingerprint density at radius 2 is 1.26 bits per heavy atom. The lowest BCUT2D eigenvalue weighted by Gasteiger charge is -2.12. The fourth-order valence-electron chi connectivity index (χ4n) is 4.76. The number of fused-ring (bicyclic) bond motifs is 3. The predicted molar refractivity (Wildman–Crippen MR) is 141 cm³/mol. The van der Waals surface area contributed by atoms with Gasteiger partial charge in [0, 0.05) is 11.1 Å². The Balaban J connectivity index is 1.87. The van der Waals surface area contributed by atoms with Gasteiger partial charge in [0.25, 0.3) is 5.70 Å². The molecule has 1 aliphatic rings. The van der Waals surface area contributed by atoms with E-state index in [-0.39, 0.29) is 16.9 Å². The van der Waals surface area contributed by atoms with E-state index in [4.69, 9.17) is 13.1 Å². The lowest BCUT2D eigenvalue weighted by atomic mass is 9.92. The Bertz CT molecular complexity index is 1770. The number of hydrogen-bond donors (Lipinski definition) is 0. The van der Waals surface area contributed by atoms with Gasteiger partial charge in [0.05, 0.1) is 30.8 Å². The SMILES string of the molecule is [C-]#[N+]/C(C#N)=C1/c2cc(C#N)c(-c3ccc(C)c(F)c3)cc2-c2cc(-c3ccc(C)c(F)c3)c([N+]#[C-])cc21. The van der Waals surface area contributed by atoms with Crippen molar-refractivity contribution in [1.29, 1.82) is 10.5 Å². The normalized spacial score (nSPS) is 12.4. The molecule has 0 amide bonds. The summed E-state index contributed by atoms with van der Waals surface area (Å²) in [6, 6.07) is 20.3. The van der Waals surface area contributed by atoms with Gasteiger partial charge in [0.2, 0.25) is 0 Å². The maximum Gasteiger partial charge on any atom is 0.270 e. The predicted octanol–water partition coefficient (Wildman–Crippen LogP) is 8.52. The molecule has 0 aromatic heterocycles. The van der Waals surface area contributed by atoms with Crippen LogP contribution in [0.15, 0.2) is 66.4 Å². The zero-order valence-corrected chi connectivity index (χ0v) is 20.3. The van der Waals surface area contributed by atoms with Crippen LogP contribution in [-0.2, 0) is 0 Å². The van der Waals surface area contributed by atoms with Crippen molar-refractivity contribution in [3.63, 3.8) is 0 Å². The van der Waals surface area contributed by atoms with Gasteiger partial charge in [-0.05, 0) is 94.3 Å². The number of hydrogen-bond acceptors (Lipinski definition) is 2. The van der Waals surface area contributed by atoms with E-state index in [1.807, 2.05) is 6.07 Å². The fraction of sp³-hybridized carbons (Fsp3) is 0.0625. The third-order valence-electron chi connectivity index (χ3n) is 6.78. The van der Waals surface area contributed by atoms with Crippen molar-refractivity contribution in [2.75, 3.05) is 0 Å². The van der Waals surface area contributed by atoms with Gasteiger partial charge >= 0.3 is 0 Å².